The van der Waals surface area contributed by atoms with Crippen molar-refractivity contribution in [3.05, 3.63) is 41.5 Å². The average molecular weight is 432 g/mol. The van der Waals surface area contributed by atoms with E-state index in [0.717, 1.165) is 29.7 Å². The third-order valence-electron chi connectivity index (χ3n) is 3.58. The van der Waals surface area contributed by atoms with Crippen LogP contribution in [0.4, 0.5) is 0 Å². The summed E-state index contributed by atoms with van der Waals surface area (Å²) in [5.74, 6) is 1.47. The van der Waals surface area contributed by atoms with Gasteiger partial charge in [-0.15, -0.1) is 0 Å². The molecule has 22 heavy (non-hydrogen) atoms. The van der Waals surface area contributed by atoms with Crippen LogP contribution in [0.15, 0.2) is 24.8 Å². The zero-order chi connectivity index (χ0) is 16.4. The van der Waals surface area contributed by atoms with E-state index in [9.17, 15) is 0 Å². The van der Waals surface area contributed by atoms with E-state index in [4.69, 9.17) is 8.92 Å². The Hall–Kier alpha value is -0.460. The molecule has 0 saturated heterocycles. The molecule has 0 radical (unpaired) electrons. The number of hydrogen-bond acceptors (Lipinski definition) is 3. The van der Waals surface area contributed by atoms with Gasteiger partial charge in [-0.2, -0.15) is 0 Å². The number of aryl methyl sites for hydroxylation is 1. The second kappa shape index (κ2) is 11.1. The van der Waals surface area contributed by atoms with Crippen molar-refractivity contribution in [3.63, 3.8) is 0 Å². The molecule has 1 aromatic carbocycles. The van der Waals surface area contributed by atoms with Crippen molar-refractivity contribution in [1.82, 2.24) is 0 Å². The maximum absolute atomic E-state index is 5.96. The first-order chi connectivity index (χ1) is 10.6. The van der Waals surface area contributed by atoms with E-state index in [1.807, 2.05) is 12.1 Å². The molecule has 1 unspecified atom stereocenters. The van der Waals surface area contributed by atoms with E-state index in [0.29, 0.717) is 19.1 Å². The second-order valence-electron chi connectivity index (χ2n) is 5.24. The molecule has 0 bridgehead atoms. The Kier molecular flexibility index (Phi) is 9.91. The number of allylic oxidation sites excluding steroid dienone is 1. The van der Waals surface area contributed by atoms with Crippen LogP contribution in [0, 0.1) is 12.8 Å². The maximum atomic E-state index is 5.96. The van der Waals surface area contributed by atoms with E-state index in [-0.39, 0.29) is 0 Å². The molecule has 4 heteroatoms. The van der Waals surface area contributed by atoms with E-state index in [1.54, 1.807) is 0 Å². The van der Waals surface area contributed by atoms with Gasteiger partial charge in [-0.25, -0.2) is 0 Å². The lowest BCUT2D eigenvalue weighted by molar-refractivity contribution is 0.268. The van der Waals surface area contributed by atoms with Gasteiger partial charge in [0.1, 0.15) is 5.75 Å². The van der Waals surface area contributed by atoms with Crippen molar-refractivity contribution >= 4 is 42.6 Å². The zero-order valence-corrected chi connectivity index (χ0v) is 16.6. The van der Waals surface area contributed by atoms with Crippen LogP contribution in [0.25, 0.3) is 12.2 Å². The number of rotatable bonds is 10. The first-order valence-corrected chi connectivity index (χ1v) is 10.9. The van der Waals surface area contributed by atoms with Gasteiger partial charge < -0.3 is 8.92 Å². The summed E-state index contributed by atoms with van der Waals surface area (Å²) in [5, 5.41) is 0. The van der Waals surface area contributed by atoms with Gasteiger partial charge in [0.25, 0.3) is 0 Å². The summed E-state index contributed by atoms with van der Waals surface area (Å²) in [4.78, 5) is 0. The summed E-state index contributed by atoms with van der Waals surface area (Å²) >= 11 is 2.12. The van der Waals surface area contributed by atoms with Gasteiger partial charge in [0, 0.05) is 33.2 Å². The number of ether oxygens (including phenoxy) is 1. The van der Waals surface area contributed by atoms with E-state index in [1.165, 1.54) is 14.8 Å². The highest BCUT2D eigenvalue weighted by Gasteiger charge is 2.08. The highest BCUT2D eigenvalue weighted by atomic mass is 127. The lowest BCUT2D eigenvalue weighted by Crippen LogP contribution is -2.03. The normalized spacial score (nSPS) is 12.5. The summed E-state index contributed by atoms with van der Waals surface area (Å²) in [7, 11) is 1.36. The first kappa shape index (κ1) is 19.6. The molecule has 1 rings (SSSR count). The van der Waals surface area contributed by atoms with Gasteiger partial charge >= 0.3 is 0 Å². The Morgan fingerprint density at radius 3 is 2.73 bits per heavy atom. The molecule has 0 aliphatic rings. The van der Waals surface area contributed by atoms with Crippen LogP contribution in [0.5, 0.6) is 5.75 Å². The minimum Gasteiger partial charge on any atom is -0.493 e. The van der Waals surface area contributed by atoms with E-state index < -0.39 is 0 Å². The highest BCUT2D eigenvalue weighted by molar-refractivity contribution is 14.2. The topological polar surface area (TPSA) is 18.5 Å². The van der Waals surface area contributed by atoms with Gasteiger partial charge in [-0.3, -0.25) is 0 Å². The minimum atomic E-state index is 0.556. The summed E-state index contributed by atoms with van der Waals surface area (Å²) in [6.45, 7) is 11.8. The number of halogens is 1. The third-order valence-corrected chi connectivity index (χ3v) is 4.60. The molecular weight excluding hydrogens is 407 g/mol. The second-order valence-corrected chi connectivity index (χ2v) is 6.68. The predicted octanol–water partition coefficient (Wildman–Crippen LogP) is 6.48. The van der Waals surface area contributed by atoms with Gasteiger partial charge in [0.05, 0.1) is 22.4 Å². The van der Waals surface area contributed by atoms with Crippen molar-refractivity contribution in [2.75, 3.05) is 13.2 Å². The zero-order valence-electron chi connectivity index (χ0n) is 13.6. The Labute approximate surface area is 151 Å². The molecule has 0 saturated carbocycles. The molecule has 0 N–H and O–H groups in total. The molecule has 0 aliphatic heterocycles. The molecule has 1 atom stereocenters. The highest BCUT2D eigenvalue weighted by Crippen LogP contribution is 2.29. The Morgan fingerprint density at radius 1 is 1.32 bits per heavy atom. The molecule has 2 nitrogen and oxygen atoms in total. The number of hydrogen-bond donors (Lipinski definition) is 0. The standard InChI is InChI=1S/C18H25IO2S/c1-5-14(3)8-10-17-16(6-2)15(4)9-11-18(17)20-12-7-13-21-22-19/h6,8-11,14H,2,5,7,12-13H2,1,3-4H3/b10-8-. The van der Waals surface area contributed by atoms with Crippen molar-refractivity contribution in [2.24, 2.45) is 5.92 Å². The van der Waals surface area contributed by atoms with E-state index >= 15 is 0 Å². The van der Waals surface area contributed by atoms with Crippen LogP contribution in [0.1, 0.15) is 43.4 Å². The van der Waals surface area contributed by atoms with Gasteiger partial charge in [-0.1, -0.05) is 51.1 Å². The van der Waals surface area contributed by atoms with Crippen LogP contribution < -0.4 is 4.74 Å². The first-order valence-electron chi connectivity index (χ1n) is 7.61. The fraction of sp³-hybridized carbons (Fsp3) is 0.444. The summed E-state index contributed by atoms with van der Waals surface area (Å²) in [5.41, 5.74) is 3.49. The van der Waals surface area contributed by atoms with Crippen molar-refractivity contribution in [3.8, 4) is 5.75 Å². The van der Waals surface area contributed by atoms with Crippen LogP contribution in [0.3, 0.4) is 0 Å². The summed E-state index contributed by atoms with van der Waals surface area (Å²) in [6, 6.07) is 4.14. The summed E-state index contributed by atoms with van der Waals surface area (Å²) < 4.78 is 11.2. The van der Waals surface area contributed by atoms with Crippen LogP contribution in [-0.4, -0.2) is 13.2 Å². The molecule has 0 fully saturated rings. The summed E-state index contributed by atoms with van der Waals surface area (Å²) in [6.07, 6.45) is 8.33. The van der Waals surface area contributed by atoms with Gasteiger partial charge in [-0.05, 0) is 30.0 Å². The van der Waals surface area contributed by atoms with Crippen LogP contribution >= 0.6 is 30.4 Å². The molecule has 1 aromatic rings. The van der Waals surface area contributed by atoms with E-state index in [2.05, 4.69) is 66.8 Å². The lowest BCUT2D eigenvalue weighted by Gasteiger charge is -2.14. The third kappa shape index (κ3) is 6.34. The molecule has 0 aliphatic carbocycles. The number of benzene rings is 1. The maximum Gasteiger partial charge on any atom is 0.127 e. The molecule has 0 aromatic heterocycles. The molecular formula is C18H25IO2S. The van der Waals surface area contributed by atoms with Crippen molar-refractivity contribution < 1.29 is 8.92 Å². The monoisotopic (exact) mass is 432 g/mol. The van der Waals surface area contributed by atoms with Crippen LogP contribution in [0.2, 0.25) is 0 Å². The molecule has 0 heterocycles. The Balaban J connectivity index is 2.90. The Bertz CT molecular complexity index is 500. The SMILES string of the molecule is C=Cc1c(C)ccc(OCCCOSI)c1/C=C\C(C)CC. The molecule has 122 valence electrons. The van der Waals surface area contributed by atoms with Gasteiger partial charge in [0.2, 0.25) is 0 Å². The van der Waals surface area contributed by atoms with Crippen molar-refractivity contribution in [2.45, 2.75) is 33.6 Å². The molecule has 0 spiro atoms. The minimum absolute atomic E-state index is 0.556. The van der Waals surface area contributed by atoms with Crippen LogP contribution in [-0.2, 0) is 4.18 Å². The smallest absolute Gasteiger partial charge is 0.127 e. The van der Waals surface area contributed by atoms with Gasteiger partial charge in [0.15, 0.2) is 0 Å². The largest absolute Gasteiger partial charge is 0.493 e. The predicted molar refractivity (Wildman–Crippen MR) is 107 cm³/mol. The Morgan fingerprint density at radius 2 is 2.09 bits per heavy atom. The molecule has 0 amide bonds. The fourth-order valence-corrected chi connectivity index (χ4v) is 2.74. The lowest BCUT2D eigenvalue weighted by atomic mass is 9.98. The quantitative estimate of drug-likeness (QED) is 0.240. The van der Waals surface area contributed by atoms with Crippen molar-refractivity contribution in [1.29, 1.82) is 0 Å². The average Bonchev–Trinajstić information content (AvgIpc) is 2.53. The fourth-order valence-electron chi connectivity index (χ4n) is 2.02.